The summed E-state index contributed by atoms with van der Waals surface area (Å²) in [5.41, 5.74) is 3.39. The number of carboxylic acid groups (broad SMARTS) is 1. The van der Waals surface area contributed by atoms with Crippen LogP contribution >= 0.6 is 0 Å². The lowest BCUT2D eigenvalue weighted by molar-refractivity contribution is 0.0690. The molecule has 0 aliphatic heterocycles. The summed E-state index contributed by atoms with van der Waals surface area (Å²) >= 11 is 0. The van der Waals surface area contributed by atoms with E-state index in [0.717, 1.165) is 17.1 Å². The predicted molar refractivity (Wildman–Crippen MR) is 105 cm³/mol. The van der Waals surface area contributed by atoms with Crippen molar-refractivity contribution in [1.29, 1.82) is 0 Å². The normalized spacial score (nSPS) is 11.2. The molecule has 5 aromatic heterocycles. The zero-order valence-electron chi connectivity index (χ0n) is 14.8. The van der Waals surface area contributed by atoms with Crippen molar-refractivity contribution in [2.45, 2.75) is 0 Å². The number of carbonyl (C=O) groups is 1. The smallest absolute Gasteiger partial charge is 0.354 e. The van der Waals surface area contributed by atoms with E-state index in [4.69, 9.17) is 5.11 Å². The fourth-order valence-electron chi connectivity index (χ4n) is 3.36. The molecular formula is C21H12FN5O2. The molecule has 0 fully saturated rings. The summed E-state index contributed by atoms with van der Waals surface area (Å²) < 4.78 is 14.8. The molecule has 0 saturated heterocycles. The molecule has 0 spiro atoms. The molecule has 5 aromatic rings. The Kier molecular flexibility index (Phi) is 3.77. The first-order valence-electron chi connectivity index (χ1n) is 8.68. The molecule has 140 valence electrons. The van der Waals surface area contributed by atoms with Crippen molar-refractivity contribution in [2.24, 2.45) is 0 Å². The van der Waals surface area contributed by atoms with E-state index in [-0.39, 0.29) is 5.69 Å². The van der Waals surface area contributed by atoms with Crippen LogP contribution in [-0.4, -0.2) is 36.0 Å². The number of aromatic nitrogens is 5. The fraction of sp³-hybridized carbons (Fsp3) is 0. The van der Waals surface area contributed by atoms with Gasteiger partial charge < -0.3 is 10.1 Å². The van der Waals surface area contributed by atoms with E-state index in [9.17, 15) is 9.18 Å². The molecule has 0 unspecified atom stereocenters. The third-order valence-electron chi connectivity index (χ3n) is 4.69. The van der Waals surface area contributed by atoms with Crippen molar-refractivity contribution in [3.8, 4) is 22.4 Å². The Morgan fingerprint density at radius 3 is 2.62 bits per heavy atom. The lowest BCUT2D eigenvalue weighted by Crippen LogP contribution is -1.99. The number of rotatable bonds is 3. The van der Waals surface area contributed by atoms with Crippen LogP contribution in [0, 0.1) is 5.82 Å². The summed E-state index contributed by atoms with van der Waals surface area (Å²) in [5, 5.41) is 10.4. The van der Waals surface area contributed by atoms with Gasteiger partial charge in [0.15, 0.2) is 0 Å². The van der Waals surface area contributed by atoms with Gasteiger partial charge in [0.25, 0.3) is 0 Å². The molecule has 2 N–H and O–H groups in total. The molecule has 0 aliphatic carbocycles. The number of pyridine rings is 4. The van der Waals surface area contributed by atoms with Gasteiger partial charge in [0, 0.05) is 46.1 Å². The topological polar surface area (TPSA) is 105 Å². The number of carboxylic acids is 1. The molecule has 0 atom stereocenters. The number of fused-ring (bicyclic) bond motifs is 3. The zero-order valence-corrected chi connectivity index (χ0v) is 14.8. The molecule has 0 radical (unpaired) electrons. The third kappa shape index (κ3) is 2.78. The molecule has 5 rings (SSSR count). The molecule has 0 saturated carbocycles. The minimum absolute atomic E-state index is 0.110. The van der Waals surface area contributed by atoms with Gasteiger partial charge in [0.05, 0.1) is 23.6 Å². The Balaban J connectivity index is 1.79. The van der Waals surface area contributed by atoms with Crippen LogP contribution in [0.15, 0.2) is 61.3 Å². The largest absolute Gasteiger partial charge is 0.477 e. The number of nitrogens with one attached hydrogen (secondary N) is 1. The van der Waals surface area contributed by atoms with Crippen LogP contribution < -0.4 is 0 Å². The Labute approximate surface area is 162 Å². The van der Waals surface area contributed by atoms with Crippen LogP contribution in [0.25, 0.3) is 44.3 Å². The summed E-state index contributed by atoms with van der Waals surface area (Å²) in [4.78, 5) is 30.9. The van der Waals surface area contributed by atoms with Crippen LogP contribution in [0.5, 0.6) is 0 Å². The molecule has 8 heteroatoms. The highest BCUT2D eigenvalue weighted by Gasteiger charge is 2.18. The number of hydrogen-bond donors (Lipinski definition) is 2. The molecule has 0 amide bonds. The monoisotopic (exact) mass is 385 g/mol. The van der Waals surface area contributed by atoms with E-state index < -0.39 is 11.8 Å². The summed E-state index contributed by atoms with van der Waals surface area (Å²) in [6.45, 7) is 0. The molecular weight excluding hydrogens is 373 g/mol. The van der Waals surface area contributed by atoms with Crippen molar-refractivity contribution in [3.63, 3.8) is 0 Å². The standard InChI is InChI=1S/C21H12FN5O2/c22-14-9-26-20-19(18(14)12-3-4-15(21(28)29)24-8-12)13-6-16(25-10-17(13)27-20)11-2-1-5-23-7-11/h1-10H,(H,26,27)(H,28,29). The number of halogens is 1. The van der Waals surface area contributed by atoms with Crippen molar-refractivity contribution in [3.05, 3.63) is 72.8 Å². The summed E-state index contributed by atoms with van der Waals surface area (Å²) in [7, 11) is 0. The highest BCUT2D eigenvalue weighted by atomic mass is 19.1. The summed E-state index contributed by atoms with van der Waals surface area (Å²) in [6, 6.07) is 8.45. The minimum Gasteiger partial charge on any atom is -0.477 e. The van der Waals surface area contributed by atoms with Crippen molar-refractivity contribution in [2.75, 3.05) is 0 Å². The van der Waals surface area contributed by atoms with Gasteiger partial charge in [-0.3, -0.25) is 9.97 Å². The lowest BCUT2D eigenvalue weighted by Gasteiger charge is -2.06. The lowest BCUT2D eigenvalue weighted by atomic mass is 10.0. The van der Waals surface area contributed by atoms with E-state index >= 15 is 0 Å². The molecule has 7 nitrogen and oxygen atoms in total. The van der Waals surface area contributed by atoms with E-state index in [2.05, 4.69) is 24.9 Å². The van der Waals surface area contributed by atoms with Crippen LogP contribution in [-0.2, 0) is 0 Å². The Morgan fingerprint density at radius 1 is 1.00 bits per heavy atom. The summed E-state index contributed by atoms with van der Waals surface area (Å²) in [6.07, 6.45) is 7.54. The van der Waals surface area contributed by atoms with Crippen LogP contribution in [0.2, 0.25) is 0 Å². The minimum atomic E-state index is -1.14. The maximum atomic E-state index is 14.8. The first-order valence-corrected chi connectivity index (χ1v) is 8.68. The quantitative estimate of drug-likeness (QED) is 0.485. The van der Waals surface area contributed by atoms with Crippen LogP contribution in [0.4, 0.5) is 4.39 Å². The maximum Gasteiger partial charge on any atom is 0.354 e. The molecule has 0 aromatic carbocycles. The van der Waals surface area contributed by atoms with Crippen LogP contribution in [0.3, 0.4) is 0 Å². The first-order chi connectivity index (χ1) is 14.1. The SMILES string of the molecule is O=C(O)c1ccc(-c2c(F)cnc3[nH]c4cnc(-c5cccnc5)cc4c23)cn1. The molecule has 0 bridgehead atoms. The predicted octanol–water partition coefficient (Wildman–Crippen LogP) is 4.07. The second kappa shape index (κ2) is 6.45. The van der Waals surface area contributed by atoms with Gasteiger partial charge in [-0.15, -0.1) is 0 Å². The van der Waals surface area contributed by atoms with Crippen molar-refractivity contribution >= 4 is 27.9 Å². The van der Waals surface area contributed by atoms with E-state index in [1.807, 2.05) is 18.2 Å². The molecule has 5 heterocycles. The van der Waals surface area contributed by atoms with Crippen molar-refractivity contribution < 1.29 is 14.3 Å². The maximum absolute atomic E-state index is 14.8. The molecule has 0 aliphatic rings. The number of nitrogens with zero attached hydrogens (tertiary/aromatic N) is 4. The van der Waals surface area contributed by atoms with Gasteiger partial charge in [0.2, 0.25) is 0 Å². The van der Waals surface area contributed by atoms with E-state index in [0.29, 0.717) is 33.4 Å². The highest BCUT2D eigenvalue weighted by molar-refractivity contribution is 6.13. The fourth-order valence-corrected chi connectivity index (χ4v) is 3.36. The van der Waals surface area contributed by atoms with Gasteiger partial charge in [-0.25, -0.2) is 19.2 Å². The van der Waals surface area contributed by atoms with E-state index in [1.54, 1.807) is 18.6 Å². The van der Waals surface area contributed by atoms with Gasteiger partial charge in [-0.05, 0) is 24.3 Å². The average Bonchev–Trinajstić information content (AvgIpc) is 3.12. The molecule has 29 heavy (non-hydrogen) atoms. The number of H-pyrrole nitrogens is 1. The van der Waals surface area contributed by atoms with E-state index in [1.165, 1.54) is 18.3 Å². The van der Waals surface area contributed by atoms with Crippen LogP contribution in [0.1, 0.15) is 10.5 Å². The number of aromatic carboxylic acids is 1. The Hall–Kier alpha value is -4.20. The Bertz CT molecular complexity index is 1380. The van der Waals surface area contributed by atoms with Crippen molar-refractivity contribution in [1.82, 2.24) is 24.9 Å². The van der Waals surface area contributed by atoms with Gasteiger partial charge in [-0.1, -0.05) is 6.07 Å². The average molecular weight is 385 g/mol. The highest BCUT2D eigenvalue weighted by Crippen LogP contribution is 2.36. The second-order valence-electron chi connectivity index (χ2n) is 6.42. The van der Waals surface area contributed by atoms with Gasteiger partial charge in [0.1, 0.15) is 17.2 Å². The number of hydrogen-bond acceptors (Lipinski definition) is 5. The zero-order chi connectivity index (χ0) is 20.0. The third-order valence-corrected chi connectivity index (χ3v) is 4.69. The Morgan fingerprint density at radius 2 is 1.90 bits per heavy atom. The number of aromatic amines is 1. The van der Waals surface area contributed by atoms with Gasteiger partial charge in [-0.2, -0.15) is 0 Å². The summed E-state index contributed by atoms with van der Waals surface area (Å²) in [5.74, 6) is -1.67. The van der Waals surface area contributed by atoms with Gasteiger partial charge >= 0.3 is 5.97 Å². The second-order valence-corrected chi connectivity index (χ2v) is 6.42. The first kappa shape index (κ1) is 16.9.